The topological polar surface area (TPSA) is 81.7 Å². The van der Waals surface area contributed by atoms with Gasteiger partial charge in [0.05, 0.1) is 0 Å². The number of rotatable bonds is 5. The second-order valence-electron chi connectivity index (χ2n) is 4.74. The van der Waals surface area contributed by atoms with Gasteiger partial charge in [0.1, 0.15) is 0 Å². The van der Waals surface area contributed by atoms with Crippen molar-refractivity contribution in [1.82, 2.24) is 15.5 Å². The van der Waals surface area contributed by atoms with Gasteiger partial charge in [-0.05, 0) is 34.1 Å². The molecule has 0 heterocycles. The highest BCUT2D eigenvalue weighted by Gasteiger charge is 2.25. The summed E-state index contributed by atoms with van der Waals surface area (Å²) >= 11 is 0. The fourth-order valence-corrected chi connectivity index (χ4v) is 1.38. The fourth-order valence-electron chi connectivity index (χ4n) is 1.38. The first-order valence-electron chi connectivity index (χ1n) is 5.81. The number of urea groups is 1. The van der Waals surface area contributed by atoms with Gasteiger partial charge in [0.15, 0.2) is 0 Å². The van der Waals surface area contributed by atoms with Crippen molar-refractivity contribution in [2.24, 2.45) is 0 Å². The molecule has 0 atom stereocenters. The summed E-state index contributed by atoms with van der Waals surface area (Å²) in [6.07, 6.45) is -0.337. The minimum absolute atomic E-state index is 0.217. The first-order chi connectivity index (χ1) is 7.79. The van der Waals surface area contributed by atoms with Crippen molar-refractivity contribution >= 4 is 12.1 Å². The van der Waals surface area contributed by atoms with Crippen LogP contribution in [-0.2, 0) is 0 Å². The van der Waals surface area contributed by atoms with Gasteiger partial charge in [-0.25, -0.2) is 9.59 Å². The van der Waals surface area contributed by atoms with Crippen molar-refractivity contribution in [3.05, 3.63) is 0 Å². The van der Waals surface area contributed by atoms with Crippen LogP contribution in [-0.4, -0.2) is 47.3 Å². The maximum Gasteiger partial charge on any atom is 0.407 e. The number of hydrogen-bond acceptors (Lipinski definition) is 2. The molecule has 100 valence electrons. The lowest BCUT2D eigenvalue weighted by Crippen LogP contribution is -2.46. The van der Waals surface area contributed by atoms with Gasteiger partial charge < -0.3 is 20.6 Å². The lowest BCUT2D eigenvalue weighted by Gasteiger charge is -2.33. The Morgan fingerprint density at radius 3 is 2.24 bits per heavy atom. The van der Waals surface area contributed by atoms with E-state index in [0.29, 0.717) is 26.1 Å². The molecule has 6 heteroatoms. The normalized spacial score (nSPS) is 10.8. The van der Waals surface area contributed by atoms with E-state index in [1.807, 2.05) is 27.7 Å². The second kappa shape index (κ2) is 6.98. The minimum atomic E-state index is -0.935. The average molecular weight is 245 g/mol. The lowest BCUT2D eigenvalue weighted by molar-refractivity contribution is 0.0997. The van der Waals surface area contributed by atoms with E-state index in [9.17, 15) is 9.59 Å². The van der Waals surface area contributed by atoms with Crippen LogP contribution < -0.4 is 10.6 Å². The van der Waals surface area contributed by atoms with E-state index in [1.165, 1.54) is 4.90 Å². The van der Waals surface area contributed by atoms with Crippen LogP contribution in [0.4, 0.5) is 9.59 Å². The van der Waals surface area contributed by atoms with Crippen LogP contribution in [0.5, 0.6) is 0 Å². The van der Waals surface area contributed by atoms with E-state index in [-0.39, 0.29) is 6.03 Å². The van der Waals surface area contributed by atoms with Gasteiger partial charge in [0.25, 0.3) is 0 Å². The summed E-state index contributed by atoms with van der Waals surface area (Å²) in [5.41, 5.74) is -0.419. The van der Waals surface area contributed by atoms with Gasteiger partial charge in [-0.2, -0.15) is 0 Å². The zero-order valence-corrected chi connectivity index (χ0v) is 11.0. The number of carboxylic acid groups (broad SMARTS) is 1. The summed E-state index contributed by atoms with van der Waals surface area (Å²) in [4.78, 5) is 23.4. The molecule has 0 aliphatic rings. The highest BCUT2D eigenvalue weighted by Crippen LogP contribution is 2.13. The van der Waals surface area contributed by atoms with Crippen molar-refractivity contribution in [3.63, 3.8) is 0 Å². The second-order valence-corrected chi connectivity index (χ2v) is 4.74. The van der Waals surface area contributed by atoms with Gasteiger partial charge in [-0.1, -0.05) is 0 Å². The zero-order valence-electron chi connectivity index (χ0n) is 11.0. The Morgan fingerprint density at radius 1 is 1.24 bits per heavy atom. The first-order valence-corrected chi connectivity index (χ1v) is 5.81. The molecule has 0 rings (SSSR count). The van der Waals surface area contributed by atoms with Gasteiger partial charge in [0, 0.05) is 25.2 Å². The van der Waals surface area contributed by atoms with E-state index in [2.05, 4.69) is 10.6 Å². The molecular weight excluding hydrogens is 222 g/mol. The van der Waals surface area contributed by atoms with E-state index >= 15 is 0 Å². The third-order valence-corrected chi connectivity index (χ3v) is 2.22. The van der Waals surface area contributed by atoms with Crippen molar-refractivity contribution < 1.29 is 14.7 Å². The summed E-state index contributed by atoms with van der Waals surface area (Å²) in [5, 5.41) is 14.3. The SMILES string of the molecule is CCNC(=O)NCCCN(C(=O)O)C(C)(C)C. The molecule has 0 spiro atoms. The highest BCUT2D eigenvalue weighted by molar-refractivity contribution is 5.73. The number of hydrogen-bond donors (Lipinski definition) is 3. The van der Waals surface area contributed by atoms with Crippen LogP contribution in [0.25, 0.3) is 0 Å². The number of nitrogens with zero attached hydrogens (tertiary/aromatic N) is 1. The predicted molar refractivity (Wildman–Crippen MR) is 66.2 cm³/mol. The van der Waals surface area contributed by atoms with Gasteiger partial charge in [-0.15, -0.1) is 0 Å². The number of amides is 3. The third kappa shape index (κ3) is 6.65. The Balaban J connectivity index is 3.93. The summed E-state index contributed by atoms with van der Waals surface area (Å²) < 4.78 is 0. The van der Waals surface area contributed by atoms with Crippen LogP contribution in [0, 0.1) is 0 Å². The largest absolute Gasteiger partial charge is 0.465 e. The van der Waals surface area contributed by atoms with E-state index < -0.39 is 11.6 Å². The molecule has 0 radical (unpaired) electrons. The third-order valence-electron chi connectivity index (χ3n) is 2.22. The highest BCUT2D eigenvalue weighted by atomic mass is 16.4. The molecule has 0 bridgehead atoms. The van der Waals surface area contributed by atoms with Gasteiger partial charge >= 0.3 is 12.1 Å². The molecule has 17 heavy (non-hydrogen) atoms. The standard InChI is InChI=1S/C11H23N3O3/c1-5-12-9(15)13-7-6-8-14(10(16)17)11(2,3)4/h5-8H2,1-4H3,(H,16,17)(H2,12,13,15). The Hall–Kier alpha value is -1.46. The summed E-state index contributed by atoms with van der Waals surface area (Å²) in [7, 11) is 0. The lowest BCUT2D eigenvalue weighted by atomic mass is 10.1. The molecule has 6 nitrogen and oxygen atoms in total. The predicted octanol–water partition coefficient (Wildman–Crippen LogP) is 1.47. The molecule has 0 aliphatic heterocycles. The summed E-state index contributed by atoms with van der Waals surface area (Å²) in [6, 6.07) is -0.217. The number of carbonyl (C=O) groups excluding carboxylic acids is 1. The molecular formula is C11H23N3O3. The Kier molecular flexibility index (Phi) is 6.38. The van der Waals surface area contributed by atoms with Crippen LogP contribution >= 0.6 is 0 Å². The van der Waals surface area contributed by atoms with Crippen LogP contribution in [0.1, 0.15) is 34.1 Å². The fraction of sp³-hybridized carbons (Fsp3) is 0.818. The molecule has 0 fully saturated rings. The molecule has 3 N–H and O–H groups in total. The monoisotopic (exact) mass is 245 g/mol. The summed E-state index contributed by atoms with van der Waals surface area (Å²) in [5.74, 6) is 0. The Morgan fingerprint density at radius 2 is 1.82 bits per heavy atom. The van der Waals surface area contributed by atoms with Gasteiger partial charge in [-0.3, -0.25) is 0 Å². The van der Waals surface area contributed by atoms with Crippen LogP contribution in [0.2, 0.25) is 0 Å². The van der Waals surface area contributed by atoms with E-state index in [4.69, 9.17) is 5.11 Å². The van der Waals surface area contributed by atoms with Gasteiger partial charge in [0.2, 0.25) is 0 Å². The maximum atomic E-state index is 11.1. The maximum absolute atomic E-state index is 11.1. The molecule has 0 aromatic heterocycles. The van der Waals surface area contributed by atoms with Crippen molar-refractivity contribution in [3.8, 4) is 0 Å². The van der Waals surface area contributed by atoms with E-state index in [0.717, 1.165) is 0 Å². The molecule has 3 amide bonds. The molecule has 0 saturated carbocycles. The van der Waals surface area contributed by atoms with E-state index in [1.54, 1.807) is 0 Å². The quantitative estimate of drug-likeness (QED) is 0.641. The molecule has 0 saturated heterocycles. The molecule has 0 aromatic carbocycles. The summed E-state index contributed by atoms with van der Waals surface area (Å²) in [6.45, 7) is 8.83. The Bertz CT molecular complexity index is 261. The van der Waals surface area contributed by atoms with Crippen molar-refractivity contribution in [2.75, 3.05) is 19.6 Å². The minimum Gasteiger partial charge on any atom is -0.465 e. The van der Waals surface area contributed by atoms with Crippen LogP contribution in [0.15, 0.2) is 0 Å². The molecule has 0 unspecified atom stereocenters. The van der Waals surface area contributed by atoms with Crippen molar-refractivity contribution in [1.29, 1.82) is 0 Å². The zero-order chi connectivity index (χ0) is 13.5. The number of carbonyl (C=O) groups is 2. The van der Waals surface area contributed by atoms with Crippen LogP contribution in [0.3, 0.4) is 0 Å². The molecule has 0 aliphatic carbocycles. The smallest absolute Gasteiger partial charge is 0.407 e. The Labute approximate surface area is 102 Å². The number of nitrogens with one attached hydrogen (secondary N) is 2. The van der Waals surface area contributed by atoms with Crippen molar-refractivity contribution in [2.45, 2.75) is 39.7 Å². The molecule has 0 aromatic rings. The average Bonchev–Trinajstić information content (AvgIpc) is 2.14. The first kappa shape index (κ1) is 15.5.